The first kappa shape index (κ1) is 11.3. The standard InChI is InChI=1S/C12H13N3O2/c1-7(2)15-6-9-4-3-8(5-10(9)14-15)11(16)12(13)17/h3-7H,1-2H3,(H2,13,17). The summed E-state index contributed by atoms with van der Waals surface area (Å²) in [6.45, 7) is 4.03. The normalized spacial score (nSPS) is 11.0. The number of amides is 1. The van der Waals surface area contributed by atoms with Crippen LogP contribution in [0.4, 0.5) is 0 Å². The molecule has 2 aromatic rings. The van der Waals surface area contributed by atoms with E-state index in [1.165, 1.54) is 0 Å². The first-order chi connectivity index (χ1) is 7.99. The lowest BCUT2D eigenvalue weighted by atomic mass is 10.1. The zero-order valence-corrected chi connectivity index (χ0v) is 9.68. The largest absolute Gasteiger partial charge is 0.363 e. The third-order valence-electron chi connectivity index (χ3n) is 2.54. The minimum absolute atomic E-state index is 0.248. The molecule has 0 atom stereocenters. The van der Waals surface area contributed by atoms with E-state index in [2.05, 4.69) is 5.10 Å². The summed E-state index contributed by atoms with van der Waals surface area (Å²) in [4.78, 5) is 22.2. The molecule has 1 aromatic carbocycles. The molecule has 2 rings (SSSR count). The van der Waals surface area contributed by atoms with Crippen molar-refractivity contribution in [1.82, 2.24) is 9.78 Å². The van der Waals surface area contributed by atoms with E-state index in [0.717, 1.165) is 5.39 Å². The lowest BCUT2D eigenvalue weighted by Gasteiger charge is -2.02. The molecular weight excluding hydrogens is 218 g/mol. The molecule has 1 aromatic heterocycles. The second-order valence-electron chi connectivity index (χ2n) is 4.17. The summed E-state index contributed by atoms with van der Waals surface area (Å²) in [6.07, 6.45) is 1.90. The molecule has 1 heterocycles. The van der Waals surface area contributed by atoms with Gasteiger partial charge in [0.05, 0.1) is 5.52 Å². The average Bonchev–Trinajstić information content (AvgIpc) is 2.70. The molecule has 0 radical (unpaired) electrons. The Bertz CT molecular complexity index is 599. The summed E-state index contributed by atoms with van der Waals surface area (Å²) in [7, 11) is 0. The Morgan fingerprint density at radius 3 is 2.65 bits per heavy atom. The maximum Gasteiger partial charge on any atom is 0.289 e. The van der Waals surface area contributed by atoms with Crippen LogP contribution < -0.4 is 5.73 Å². The van der Waals surface area contributed by atoms with Gasteiger partial charge in [0, 0.05) is 23.2 Å². The molecule has 0 aliphatic carbocycles. The van der Waals surface area contributed by atoms with Crippen molar-refractivity contribution in [3.05, 3.63) is 30.0 Å². The average molecular weight is 231 g/mol. The van der Waals surface area contributed by atoms with E-state index >= 15 is 0 Å². The van der Waals surface area contributed by atoms with Crippen LogP contribution in [0.15, 0.2) is 24.4 Å². The van der Waals surface area contributed by atoms with E-state index in [9.17, 15) is 9.59 Å². The smallest absolute Gasteiger partial charge is 0.289 e. The van der Waals surface area contributed by atoms with Crippen LogP contribution in [-0.2, 0) is 4.79 Å². The molecule has 0 unspecified atom stereocenters. The van der Waals surface area contributed by atoms with E-state index < -0.39 is 11.7 Å². The van der Waals surface area contributed by atoms with Crippen molar-refractivity contribution in [2.45, 2.75) is 19.9 Å². The first-order valence-electron chi connectivity index (χ1n) is 5.32. The summed E-state index contributed by atoms with van der Waals surface area (Å²) in [5, 5.41) is 5.26. The summed E-state index contributed by atoms with van der Waals surface area (Å²) in [5.74, 6) is -1.64. The predicted molar refractivity (Wildman–Crippen MR) is 63.6 cm³/mol. The van der Waals surface area contributed by atoms with Crippen LogP contribution in [0, 0.1) is 0 Å². The number of aromatic nitrogens is 2. The van der Waals surface area contributed by atoms with Crippen molar-refractivity contribution in [3.63, 3.8) is 0 Å². The van der Waals surface area contributed by atoms with Crippen LogP contribution in [0.25, 0.3) is 10.9 Å². The third kappa shape index (κ3) is 2.04. The van der Waals surface area contributed by atoms with Gasteiger partial charge in [-0.05, 0) is 19.9 Å². The highest BCUT2D eigenvalue weighted by molar-refractivity contribution is 6.42. The number of hydrogen-bond donors (Lipinski definition) is 1. The maximum atomic E-state index is 11.4. The summed E-state index contributed by atoms with van der Waals surface area (Å²) in [5.41, 5.74) is 5.91. The van der Waals surface area contributed by atoms with Crippen molar-refractivity contribution < 1.29 is 9.59 Å². The Balaban J connectivity index is 2.50. The molecule has 2 N–H and O–H groups in total. The number of nitrogens with two attached hydrogens (primary N) is 1. The Kier molecular flexibility index (Phi) is 2.67. The molecule has 0 bridgehead atoms. The van der Waals surface area contributed by atoms with Gasteiger partial charge in [0.15, 0.2) is 0 Å². The molecule has 0 saturated carbocycles. The van der Waals surface area contributed by atoms with Crippen LogP contribution in [0.5, 0.6) is 0 Å². The van der Waals surface area contributed by atoms with Gasteiger partial charge in [-0.15, -0.1) is 0 Å². The van der Waals surface area contributed by atoms with Gasteiger partial charge >= 0.3 is 0 Å². The Labute approximate surface area is 98.2 Å². The molecule has 0 saturated heterocycles. The molecule has 0 aliphatic rings. The van der Waals surface area contributed by atoms with Crippen molar-refractivity contribution in [2.75, 3.05) is 0 Å². The van der Waals surface area contributed by atoms with E-state index in [1.807, 2.05) is 24.7 Å². The van der Waals surface area contributed by atoms with Gasteiger partial charge in [-0.25, -0.2) is 0 Å². The van der Waals surface area contributed by atoms with Gasteiger partial charge in [0.25, 0.3) is 5.91 Å². The first-order valence-corrected chi connectivity index (χ1v) is 5.32. The second-order valence-corrected chi connectivity index (χ2v) is 4.17. The van der Waals surface area contributed by atoms with Crippen LogP contribution in [0.1, 0.15) is 30.2 Å². The zero-order chi connectivity index (χ0) is 12.6. The van der Waals surface area contributed by atoms with E-state index in [0.29, 0.717) is 5.52 Å². The molecule has 0 spiro atoms. The number of fused-ring (bicyclic) bond motifs is 1. The second kappa shape index (κ2) is 4.01. The lowest BCUT2D eigenvalue weighted by molar-refractivity contribution is -0.114. The summed E-state index contributed by atoms with van der Waals surface area (Å²) < 4.78 is 1.81. The Hall–Kier alpha value is -2.17. The number of Topliss-reactive ketones (excluding diaryl/α,β-unsaturated/α-hetero) is 1. The van der Waals surface area contributed by atoms with Crippen LogP contribution in [-0.4, -0.2) is 21.5 Å². The van der Waals surface area contributed by atoms with E-state index in [4.69, 9.17) is 5.73 Å². The summed E-state index contributed by atoms with van der Waals surface area (Å²) in [6, 6.07) is 5.18. The van der Waals surface area contributed by atoms with Gasteiger partial charge in [0.2, 0.25) is 5.78 Å². The van der Waals surface area contributed by atoms with Crippen LogP contribution in [0.3, 0.4) is 0 Å². The third-order valence-corrected chi connectivity index (χ3v) is 2.54. The SMILES string of the molecule is CC(C)n1cc2ccc(C(=O)C(N)=O)cc2n1. The maximum absolute atomic E-state index is 11.4. The molecule has 5 heteroatoms. The van der Waals surface area contributed by atoms with Gasteiger partial charge in [-0.2, -0.15) is 5.10 Å². The Morgan fingerprint density at radius 2 is 2.06 bits per heavy atom. The van der Waals surface area contributed by atoms with Crippen molar-refractivity contribution in [3.8, 4) is 0 Å². The fourth-order valence-electron chi connectivity index (χ4n) is 1.58. The number of rotatable bonds is 3. The Morgan fingerprint density at radius 1 is 1.35 bits per heavy atom. The minimum Gasteiger partial charge on any atom is -0.363 e. The molecule has 0 fully saturated rings. The quantitative estimate of drug-likeness (QED) is 0.638. The number of ketones is 1. The van der Waals surface area contributed by atoms with Crippen LogP contribution in [0.2, 0.25) is 0 Å². The lowest BCUT2D eigenvalue weighted by Crippen LogP contribution is -2.22. The fourth-order valence-corrected chi connectivity index (χ4v) is 1.58. The number of hydrogen-bond acceptors (Lipinski definition) is 3. The van der Waals surface area contributed by atoms with Gasteiger partial charge in [0.1, 0.15) is 0 Å². The van der Waals surface area contributed by atoms with E-state index in [1.54, 1.807) is 18.2 Å². The molecule has 0 aliphatic heterocycles. The molecule has 88 valence electrons. The molecule has 1 amide bonds. The van der Waals surface area contributed by atoms with Crippen molar-refractivity contribution in [1.29, 1.82) is 0 Å². The number of benzene rings is 1. The molecular formula is C12H13N3O2. The predicted octanol–water partition coefficient (Wildman–Crippen LogP) is 1.29. The van der Waals surface area contributed by atoms with Crippen molar-refractivity contribution in [2.24, 2.45) is 5.73 Å². The number of primary amides is 1. The fraction of sp³-hybridized carbons (Fsp3) is 0.250. The van der Waals surface area contributed by atoms with Crippen LogP contribution >= 0.6 is 0 Å². The number of nitrogens with zero attached hydrogens (tertiary/aromatic N) is 2. The monoisotopic (exact) mass is 231 g/mol. The van der Waals surface area contributed by atoms with E-state index in [-0.39, 0.29) is 11.6 Å². The molecule has 17 heavy (non-hydrogen) atoms. The summed E-state index contributed by atoms with van der Waals surface area (Å²) >= 11 is 0. The highest BCUT2D eigenvalue weighted by Crippen LogP contribution is 2.17. The van der Waals surface area contributed by atoms with Gasteiger partial charge in [-0.3, -0.25) is 14.3 Å². The highest BCUT2D eigenvalue weighted by atomic mass is 16.2. The van der Waals surface area contributed by atoms with Gasteiger partial charge < -0.3 is 5.73 Å². The molecule has 5 nitrogen and oxygen atoms in total. The van der Waals surface area contributed by atoms with Gasteiger partial charge in [-0.1, -0.05) is 12.1 Å². The highest BCUT2D eigenvalue weighted by Gasteiger charge is 2.13. The number of carbonyl (C=O) groups is 2. The zero-order valence-electron chi connectivity index (χ0n) is 9.68. The number of carbonyl (C=O) groups excluding carboxylic acids is 2. The minimum atomic E-state index is -0.951. The van der Waals surface area contributed by atoms with Crippen molar-refractivity contribution >= 4 is 22.6 Å². The topological polar surface area (TPSA) is 78.0 Å².